The van der Waals surface area contributed by atoms with E-state index in [1.165, 1.54) is 0 Å². The van der Waals surface area contributed by atoms with E-state index in [0.29, 0.717) is 17.0 Å². The molecule has 0 saturated carbocycles. The van der Waals surface area contributed by atoms with Crippen molar-refractivity contribution in [2.75, 3.05) is 6.54 Å². The van der Waals surface area contributed by atoms with Crippen LogP contribution in [0.5, 0.6) is 0 Å². The lowest BCUT2D eigenvalue weighted by atomic mass is 10.2. The number of rotatable bonds is 1. The van der Waals surface area contributed by atoms with Crippen LogP contribution in [0.3, 0.4) is 0 Å². The van der Waals surface area contributed by atoms with E-state index in [9.17, 15) is 5.26 Å². The lowest BCUT2D eigenvalue weighted by molar-refractivity contribution is 0.584. The molecule has 84 valence electrons. The average molecular weight is 225 g/mol. The van der Waals surface area contributed by atoms with Crippen LogP contribution in [-0.2, 0) is 0 Å². The van der Waals surface area contributed by atoms with Crippen LogP contribution in [-0.4, -0.2) is 11.5 Å². The van der Waals surface area contributed by atoms with Crippen molar-refractivity contribution in [3.63, 3.8) is 0 Å². The maximum atomic E-state index is 9.22. The lowest BCUT2D eigenvalue weighted by Crippen LogP contribution is -2.06. The maximum absolute atomic E-state index is 9.22. The van der Waals surface area contributed by atoms with Crippen LogP contribution in [0.2, 0.25) is 0 Å². The molecule has 0 unspecified atom stereocenters. The minimum Gasteiger partial charge on any atom is -0.435 e. The Bertz CT molecular complexity index is 592. The summed E-state index contributed by atoms with van der Waals surface area (Å²) in [7, 11) is 0. The van der Waals surface area contributed by atoms with Crippen molar-refractivity contribution in [3.05, 3.63) is 35.9 Å². The fourth-order valence-electron chi connectivity index (χ4n) is 2.03. The second kappa shape index (κ2) is 3.95. The van der Waals surface area contributed by atoms with Crippen molar-refractivity contribution in [2.45, 2.75) is 12.8 Å². The van der Waals surface area contributed by atoms with Crippen LogP contribution in [0.4, 0.5) is 0 Å². The second-order valence-electron chi connectivity index (χ2n) is 3.98. The first kappa shape index (κ1) is 9.91. The summed E-state index contributed by atoms with van der Waals surface area (Å²) in [5.74, 6) is 0.415. The van der Waals surface area contributed by atoms with Crippen LogP contribution in [0.25, 0.3) is 16.7 Å². The standard InChI is InChI=1S/C13H11N3O/c14-8-9(10-5-3-7-15-10)13-16-11-4-1-2-6-12(11)17-13/h1-2,4,6,15H,3,5,7H2/b10-9-. The normalized spacial score (nSPS) is 17.8. The summed E-state index contributed by atoms with van der Waals surface area (Å²) in [6.45, 7) is 0.917. The number of benzene rings is 1. The SMILES string of the molecule is N#C/C(=C1\CCCN1)c1nc2ccccc2o1. The number of aromatic nitrogens is 1. The highest BCUT2D eigenvalue weighted by Gasteiger charge is 2.18. The van der Waals surface area contributed by atoms with E-state index >= 15 is 0 Å². The van der Waals surface area contributed by atoms with Gasteiger partial charge in [0, 0.05) is 12.2 Å². The van der Waals surface area contributed by atoms with Crippen molar-refractivity contribution in [2.24, 2.45) is 0 Å². The molecule has 2 aromatic rings. The van der Waals surface area contributed by atoms with E-state index in [1.54, 1.807) is 0 Å². The Kier molecular flexibility index (Phi) is 2.30. The molecule has 1 N–H and O–H groups in total. The molecule has 0 spiro atoms. The minimum atomic E-state index is 0.415. The first-order valence-electron chi connectivity index (χ1n) is 5.61. The molecule has 1 fully saturated rings. The van der Waals surface area contributed by atoms with Crippen molar-refractivity contribution >= 4 is 16.7 Å². The van der Waals surface area contributed by atoms with Crippen molar-refractivity contribution in [1.82, 2.24) is 10.3 Å². The quantitative estimate of drug-likeness (QED) is 0.757. The number of hydrogen-bond acceptors (Lipinski definition) is 4. The Labute approximate surface area is 98.6 Å². The fraction of sp³-hybridized carbons (Fsp3) is 0.231. The molecule has 1 saturated heterocycles. The second-order valence-corrected chi connectivity index (χ2v) is 3.98. The summed E-state index contributed by atoms with van der Waals surface area (Å²) < 4.78 is 5.60. The molecule has 4 heteroatoms. The summed E-state index contributed by atoms with van der Waals surface area (Å²) in [5.41, 5.74) is 2.97. The molecule has 0 amide bonds. The highest BCUT2D eigenvalue weighted by molar-refractivity contribution is 5.80. The van der Waals surface area contributed by atoms with Gasteiger partial charge in [-0.1, -0.05) is 12.1 Å². The Morgan fingerprint density at radius 1 is 1.41 bits per heavy atom. The van der Waals surface area contributed by atoms with Crippen LogP contribution in [0, 0.1) is 11.3 Å². The van der Waals surface area contributed by atoms with Crippen molar-refractivity contribution in [1.29, 1.82) is 5.26 Å². The zero-order valence-corrected chi connectivity index (χ0v) is 9.23. The molecule has 3 rings (SSSR count). The molecule has 2 heterocycles. The zero-order chi connectivity index (χ0) is 11.7. The van der Waals surface area contributed by atoms with Gasteiger partial charge in [-0.15, -0.1) is 0 Å². The predicted octanol–water partition coefficient (Wildman–Crippen LogP) is 2.45. The van der Waals surface area contributed by atoms with Gasteiger partial charge in [0.2, 0.25) is 5.89 Å². The fourth-order valence-corrected chi connectivity index (χ4v) is 2.03. The molecule has 4 nitrogen and oxygen atoms in total. The summed E-state index contributed by atoms with van der Waals surface area (Å²) >= 11 is 0. The molecular formula is C13H11N3O. The Morgan fingerprint density at radius 3 is 3.00 bits per heavy atom. The van der Waals surface area contributed by atoms with Gasteiger partial charge in [-0.25, -0.2) is 4.98 Å². The monoisotopic (exact) mass is 225 g/mol. The van der Waals surface area contributed by atoms with Gasteiger partial charge < -0.3 is 9.73 Å². The van der Waals surface area contributed by atoms with E-state index in [0.717, 1.165) is 30.6 Å². The van der Waals surface area contributed by atoms with Gasteiger partial charge in [-0.2, -0.15) is 5.26 Å². The summed E-state index contributed by atoms with van der Waals surface area (Å²) in [6.07, 6.45) is 1.95. The Morgan fingerprint density at radius 2 is 2.29 bits per heavy atom. The topological polar surface area (TPSA) is 61.9 Å². The third kappa shape index (κ3) is 1.66. The van der Waals surface area contributed by atoms with Crippen LogP contribution in [0.1, 0.15) is 18.7 Å². The first-order chi connectivity index (χ1) is 8.38. The molecule has 0 aliphatic carbocycles. The van der Waals surface area contributed by atoms with Gasteiger partial charge in [0.05, 0.1) is 0 Å². The van der Waals surface area contributed by atoms with Crippen molar-refractivity contribution in [3.8, 4) is 6.07 Å². The largest absolute Gasteiger partial charge is 0.435 e. The Hall–Kier alpha value is -2.28. The maximum Gasteiger partial charge on any atom is 0.239 e. The van der Waals surface area contributed by atoms with Gasteiger partial charge in [0.15, 0.2) is 5.58 Å². The third-order valence-electron chi connectivity index (χ3n) is 2.86. The highest BCUT2D eigenvalue weighted by atomic mass is 16.3. The van der Waals surface area contributed by atoms with Gasteiger partial charge in [-0.05, 0) is 25.0 Å². The molecule has 1 aliphatic heterocycles. The average Bonchev–Trinajstić information content (AvgIpc) is 2.98. The molecule has 17 heavy (non-hydrogen) atoms. The smallest absolute Gasteiger partial charge is 0.239 e. The molecule has 0 radical (unpaired) electrons. The van der Waals surface area contributed by atoms with E-state index < -0.39 is 0 Å². The summed E-state index contributed by atoms with van der Waals surface area (Å²) in [4.78, 5) is 4.34. The number of hydrogen-bond donors (Lipinski definition) is 1. The number of nitrogens with zero attached hydrogens (tertiary/aromatic N) is 2. The number of oxazole rings is 1. The summed E-state index contributed by atoms with van der Waals surface area (Å²) in [6, 6.07) is 9.71. The number of nitriles is 1. The van der Waals surface area contributed by atoms with E-state index in [4.69, 9.17) is 4.42 Å². The number of nitrogens with one attached hydrogen (secondary N) is 1. The van der Waals surface area contributed by atoms with Crippen LogP contribution in [0.15, 0.2) is 34.4 Å². The molecule has 0 atom stereocenters. The zero-order valence-electron chi connectivity index (χ0n) is 9.23. The van der Waals surface area contributed by atoms with Crippen molar-refractivity contribution < 1.29 is 4.42 Å². The van der Waals surface area contributed by atoms with Crippen LogP contribution < -0.4 is 5.32 Å². The number of fused-ring (bicyclic) bond motifs is 1. The van der Waals surface area contributed by atoms with E-state index in [-0.39, 0.29) is 0 Å². The molecule has 1 aliphatic rings. The molecule has 1 aromatic carbocycles. The molecule has 0 bridgehead atoms. The molecular weight excluding hydrogens is 214 g/mol. The molecule has 1 aromatic heterocycles. The highest BCUT2D eigenvalue weighted by Crippen LogP contribution is 2.25. The first-order valence-corrected chi connectivity index (χ1v) is 5.61. The van der Waals surface area contributed by atoms with Gasteiger partial charge in [-0.3, -0.25) is 0 Å². The van der Waals surface area contributed by atoms with Gasteiger partial charge in [0.25, 0.3) is 0 Å². The van der Waals surface area contributed by atoms with E-state index in [1.807, 2.05) is 24.3 Å². The van der Waals surface area contributed by atoms with Gasteiger partial charge in [0.1, 0.15) is 17.2 Å². The Balaban J connectivity index is 2.14. The lowest BCUT2D eigenvalue weighted by Gasteiger charge is -1.99. The number of allylic oxidation sites excluding steroid dienone is 2. The van der Waals surface area contributed by atoms with Gasteiger partial charge >= 0.3 is 0 Å². The van der Waals surface area contributed by atoms with E-state index in [2.05, 4.69) is 16.4 Å². The summed E-state index contributed by atoms with van der Waals surface area (Å²) in [5, 5.41) is 12.4. The third-order valence-corrected chi connectivity index (χ3v) is 2.86. The number of para-hydroxylation sites is 2. The minimum absolute atomic E-state index is 0.415. The van der Waals surface area contributed by atoms with Crippen LogP contribution >= 0.6 is 0 Å². The predicted molar refractivity (Wildman–Crippen MR) is 63.8 cm³/mol.